The van der Waals surface area contributed by atoms with Crippen molar-refractivity contribution in [3.63, 3.8) is 0 Å². The maximum absolute atomic E-state index is 5.79. The smallest absolute Gasteiger partial charge is 0.245 e. The van der Waals surface area contributed by atoms with Gasteiger partial charge in [0.15, 0.2) is 5.41 Å². The molecule has 1 aromatic heterocycles. The predicted octanol–water partition coefficient (Wildman–Crippen LogP) is -1.86. The van der Waals surface area contributed by atoms with Gasteiger partial charge in [0.25, 0.3) is 0 Å². The summed E-state index contributed by atoms with van der Waals surface area (Å²) in [6.07, 6.45) is 6.36. The van der Waals surface area contributed by atoms with Crippen LogP contribution >= 0.6 is 0 Å². The zero-order valence-electron chi connectivity index (χ0n) is 12.6. The van der Waals surface area contributed by atoms with E-state index in [1.807, 2.05) is 55.7 Å². The molecule has 7 heteroatoms. The van der Waals surface area contributed by atoms with E-state index in [0.717, 1.165) is 0 Å². The van der Waals surface area contributed by atoms with Crippen molar-refractivity contribution in [1.29, 1.82) is 0 Å². The van der Waals surface area contributed by atoms with Crippen LogP contribution in [0.25, 0.3) is 0 Å². The summed E-state index contributed by atoms with van der Waals surface area (Å²) in [6, 6.07) is 0. The molecule has 20 heavy (non-hydrogen) atoms. The number of nitrogens with zero attached hydrogens (tertiary/aromatic N) is 2. The van der Waals surface area contributed by atoms with Crippen molar-refractivity contribution in [3.05, 3.63) is 18.7 Å². The zero-order valence-corrected chi connectivity index (χ0v) is 14.4. The number of hydrogen-bond acceptors (Lipinski definition) is 3. The second-order valence-corrected chi connectivity index (χ2v) is 5.02. The summed E-state index contributed by atoms with van der Waals surface area (Å²) < 4.78 is 21.1. The van der Waals surface area contributed by atoms with Gasteiger partial charge in [0, 0.05) is 19.8 Å². The lowest BCUT2D eigenvalue weighted by molar-refractivity contribution is -0.671. The summed E-state index contributed by atoms with van der Waals surface area (Å²) in [5, 5.41) is 0. The fourth-order valence-electron chi connectivity index (χ4n) is 1.94. The summed E-state index contributed by atoms with van der Waals surface area (Å²) >= 11 is 0. The molecule has 0 saturated heterocycles. The van der Waals surface area contributed by atoms with Gasteiger partial charge in [-0.25, -0.2) is 9.13 Å². The highest BCUT2D eigenvalue weighted by Gasteiger charge is 2.32. The fourth-order valence-corrected chi connectivity index (χ4v) is 2.40. The second-order valence-electron chi connectivity index (χ2n) is 4.26. The third-order valence-electron chi connectivity index (χ3n) is 2.68. The molecular formula is C13H24ClN2O3Si. The minimum atomic E-state index is -0.813. The second kappa shape index (κ2) is 9.52. The lowest BCUT2D eigenvalue weighted by atomic mass is 10.3. The number of aryl methyl sites for hydroxylation is 1. The van der Waals surface area contributed by atoms with E-state index < -0.39 is 5.41 Å². The minimum Gasteiger partial charge on any atom is -1.00 e. The largest absolute Gasteiger partial charge is 1.00 e. The van der Waals surface area contributed by atoms with Crippen LogP contribution in [0.15, 0.2) is 18.7 Å². The van der Waals surface area contributed by atoms with Gasteiger partial charge in [-0.05, 0) is 20.8 Å². The van der Waals surface area contributed by atoms with E-state index in [4.69, 9.17) is 14.2 Å². The van der Waals surface area contributed by atoms with Crippen LogP contribution in [-0.4, -0.2) is 40.0 Å². The van der Waals surface area contributed by atoms with E-state index >= 15 is 0 Å². The Hall–Kier alpha value is -0.403. The Morgan fingerprint density at radius 3 is 2.20 bits per heavy atom. The lowest BCUT2D eigenvalue weighted by Crippen LogP contribution is -3.00. The van der Waals surface area contributed by atoms with Crippen LogP contribution in [0, 0.1) is 0 Å². The van der Waals surface area contributed by atoms with Gasteiger partial charge >= 0.3 is 0 Å². The summed E-state index contributed by atoms with van der Waals surface area (Å²) in [5.41, 5.74) is -0.813. The van der Waals surface area contributed by atoms with E-state index in [0.29, 0.717) is 26.2 Å². The molecule has 3 radical (unpaired) electrons. The molecule has 0 spiro atoms. The standard InChI is InChI=1S/C13H24N2O3Si.ClH/c1-5-16-12(15-9-8-14(4)11-15)10-13(19,17-6-2)18-7-3;/h8-9,11-12H,5-7,10H2,1-4H3;1H/q+1;/p-1. The van der Waals surface area contributed by atoms with Crippen LogP contribution < -0.4 is 17.0 Å². The Balaban J connectivity index is 0.00000361. The first-order chi connectivity index (χ1) is 9.04. The van der Waals surface area contributed by atoms with Crippen molar-refractivity contribution in [2.45, 2.75) is 38.8 Å². The van der Waals surface area contributed by atoms with Crippen LogP contribution in [0.3, 0.4) is 0 Å². The number of rotatable bonds is 9. The lowest BCUT2D eigenvalue weighted by Gasteiger charge is -2.31. The van der Waals surface area contributed by atoms with Crippen molar-refractivity contribution >= 4 is 10.2 Å². The molecule has 0 aromatic carbocycles. The number of halogens is 1. The van der Waals surface area contributed by atoms with Crippen LogP contribution in [-0.2, 0) is 21.3 Å². The van der Waals surface area contributed by atoms with Crippen LogP contribution in [0.5, 0.6) is 0 Å². The van der Waals surface area contributed by atoms with Crippen LogP contribution in [0.1, 0.15) is 33.4 Å². The molecule has 1 atom stereocenters. The average molecular weight is 320 g/mol. The maximum atomic E-state index is 5.79. The van der Waals surface area contributed by atoms with Crippen LogP contribution in [0.4, 0.5) is 0 Å². The molecule has 1 unspecified atom stereocenters. The molecule has 0 saturated carbocycles. The van der Waals surface area contributed by atoms with E-state index in [9.17, 15) is 0 Å². The number of aromatic nitrogens is 2. The molecular weight excluding hydrogens is 296 g/mol. The van der Waals surface area contributed by atoms with Gasteiger partial charge in [0.2, 0.25) is 12.6 Å². The number of hydrogen-bond donors (Lipinski definition) is 0. The van der Waals surface area contributed by atoms with Gasteiger partial charge in [0.05, 0.1) is 13.5 Å². The fraction of sp³-hybridized carbons (Fsp3) is 0.769. The predicted molar refractivity (Wildman–Crippen MR) is 72.6 cm³/mol. The number of imidazole rings is 1. The monoisotopic (exact) mass is 319 g/mol. The Bertz CT molecular complexity index is 370. The van der Waals surface area contributed by atoms with Gasteiger partial charge in [-0.1, -0.05) is 0 Å². The molecule has 0 aliphatic heterocycles. The first-order valence-corrected chi connectivity index (χ1v) is 7.21. The van der Waals surface area contributed by atoms with Crippen molar-refractivity contribution in [2.75, 3.05) is 19.8 Å². The molecule has 0 amide bonds. The molecule has 1 rings (SSSR count). The van der Waals surface area contributed by atoms with Crippen molar-refractivity contribution in [2.24, 2.45) is 7.05 Å². The summed E-state index contributed by atoms with van der Waals surface area (Å²) in [6.45, 7) is 7.64. The molecule has 0 bridgehead atoms. The van der Waals surface area contributed by atoms with Crippen molar-refractivity contribution in [3.8, 4) is 0 Å². The molecule has 1 heterocycles. The van der Waals surface area contributed by atoms with Crippen molar-refractivity contribution < 1.29 is 31.2 Å². The number of ether oxygens (including phenoxy) is 3. The first-order valence-electron chi connectivity index (χ1n) is 6.71. The normalized spacial score (nSPS) is 13.1. The Morgan fingerprint density at radius 1 is 1.20 bits per heavy atom. The molecule has 0 aliphatic carbocycles. The van der Waals surface area contributed by atoms with Gasteiger partial charge in [-0.3, -0.25) is 0 Å². The quantitative estimate of drug-likeness (QED) is 0.304. The SMILES string of the molecule is CCOC(CC([Si])(OCC)OCC)n1cc[n+](C)c1.[Cl-]. The van der Waals surface area contributed by atoms with Crippen LogP contribution in [0.2, 0.25) is 0 Å². The maximum Gasteiger partial charge on any atom is 0.245 e. The molecule has 1 aromatic rings. The molecule has 5 nitrogen and oxygen atoms in total. The highest BCUT2D eigenvalue weighted by molar-refractivity contribution is 6.13. The first kappa shape index (κ1) is 19.6. The summed E-state index contributed by atoms with van der Waals surface area (Å²) in [5.74, 6) is 0. The van der Waals surface area contributed by atoms with Gasteiger partial charge in [-0.2, -0.15) is 0 Å². The molecule has 0 fully saturated rings. The highest BCUT2D eigenvalue weighted by atomic mass is 35.5. The van der Waals surface area contributed by atoms with E-state index in [1.165, 1.54) is 0 Å². The Kier molecular flexibility index (Phi) is 9.33. The molecule has 0 N–H and O–H groups in total. The third kappa shape index (κ3) is 5.93. The molecule has 0 aliphatic rings. The summed E-state index contributed by atoms with van der Waals surface area (Å²) in [4.78, 5) is 0. The van der Waals surface area contributed by atoms with Crippen molar-refractivity contribution in [1.82, 2.24) is 4.57 Å². The van der Waals surface area contributed by atoms with Gasteiger partial charge in [0.1, 0.15) is 22.6 Å². The summed E-state index contributed by atoms with van der Waals surface area (Å²) in [7, 11) is 5.57. The van der Waals surface area contributed by atoms with Gasteiger partial charge in [-0.15, -0.1) is 0 Å². The topological polar surface area (TPSA) is 36.5 Å². The average Bonchev–Trinajstić information content (AvgIpc) is 2.76. The van der Waals surface area contributed by atoms with E-state index in [2.05, 4.69) is 10.2 Å². The minimum absolute atomic E-state index is 0. The highest BCUT2D eigenvalue weighted by Crippen LogP contribution is 2.24. The third-order valence-corrected chi connectivity index (χ3v) is 3.17. The van der Waals surface area contributed by atoms with E-state index in [-0.39, 0.29) is 18.6 Å². The Morgan fingerprint density at radius 2 is 1.80 bits per heavy atom. The Labute approximate surface area is 131 Å². The zero-order chi connectivity index (χ0) is 14.3. The van der Waals surface area contributed by atoms with E-state index in [1.54, 1.807) is 0 Å². The van der Waals surface area contributed by atoms with Gasteiger partial charge < -0.3 is 26.6 Å². The molecule has 115 valence electrons.